The standard InChI is InChI=1S/C15H12N4OS/c1-9-5-11(7-16)3-4-13(9)15-18-14(19-20-15)6-12-8-21-10(2)17-12/h3-5,8H,6H2,1-2H3. The molecule has 0 aliphatic carbocycles. The van der Waals surface area contributed by atoms with Crippen molar-refractivity contribution >= 4 is 11.3 Å². The van der Waals surface area contributed by atoms with E-state index in [0.717, 1.165) is 21.8 Å². The van der Waals surface area contributed by atoms with Gasteiger partial charge < -0.3 is 4.52 Å². The Hall–Kier alpha value is -2.52. The molecule has 104 valence electrons. The van der Waals surface area contributed by atoms with E-state index >= 15 is 0 Å². The largest absolute Gasteiger partial charge is 0.334 e. The Kier molecular flexibility index (Phi) is 3.50. The summed E-state index contributed by atoms with van der Waals surface area (Å²) in [6.45, 7) is 3.89. The maximum Gasteiger partial charge on any atom is 0.258 e. The molecule has 0 saturated heterocycles. The lowest BCUT2D eigenvalue weighted by Gasteiger charge is -1.99. The highest BCUT2D eigenvalue weighted by Gasteiger charge is 2.13. The fraction of sp³-hybridized carbons (Fsp3) is 0.200. The highest BCUT2D eigenvalue weighted by Crippen LogP contribution is 2.23. The summed E-state index contributed by atoms with van der Waals surface area (Å²) in [7, 11) is 0. The van der Waals surface area contributed by atoms with Crippen molar-refractivity contribution in [2.24, 2.45) is 0 Å². The Balaban J connectivity index is 1.86. The van der Waals surface area contributed by atoms with E-state index in [1.807, 2.05) is 31.4 Å². The lowest BCUT2D eigenvalue weighted by molar-refractivity contribution is 0.423. The summed E-state index contributed by atoms with van der Waals surface area (Å²) in [6.07, 6.45) is 0.559. The van der Waals surface area contributed by atoms with Gasteiger partial charge in [-0.15, -0.1) is 11.3 Å². The third-order valence-corrected chi connectivity index (χ3v) is 3.88. The molecule has 0 aliphatic rings. The molecule has 0 aliphatic heterocycles. The van der Waals surface area contributed by atoms with E-state index in [0.29, 0.717) is 23.7 Å². The van der Waals surface area contributed by atoms with Crippen LogP contribution in [0.1, 0.15) is 27.7 Å². The maximum absolute atomic E-state index is 8.89. The number of thiazole rings is 1. The van der Waals surface area contributed by atoms with Crippen LogP contribution in [0.5, 0.6) is 0 Å². The van der Waals surface area contributed by atoms with E-state index in [1.165, 1.54) is 0 Å². The van der Waals surface area contributed by atoms with Crippen molar-refractivity contribution in [3.63, 3.8) is 0 Å². The van der Waals surface area contributed by atoms with Gasteiger partial charge in [-0.05, 0) is 37.6 Å². The van der Waals surface area contributed by atoms with Gasteiger partial charge in [0, 0.05) is 10.9 Å². The molecule has 0 radical (unpaired) electrons. The number of hydrogen-bond donors (Lipinski definition) is 0. The molecule has 0 fully saturated rings. The van der Waals surface area contributed by atoms with Crippen LogP contribution < -0.4 is 0 Å². The fourth-order valence-electron chi connectivity index (χ4n) is 2.06. The Bertz CT molecular complexity index is 828. The van der Waals surface area contributed by atoms with Gasteiger partial charge in [-0.1, -0.05) is 5.16 Å². The summed E-state index contributed by atoms with van der Waals surface area (Å²) in [6, 6.07) is 7.50. The van der Waals surface area contributed by atoms with Crippen molar-refractivity contribution in [3.05, 3.63) is 51.2 Å². The zero-order chi connectivity index (χ0) is 14.8. The van der Waals surface area contributed by atoms with Crippen LogP contribution in [0.2, 0.25) is 0 Å². The van der Waals surface area contributed by atoms with Gasteiger partial charge in [-0.25, -0.2) is 4.98 Å². The molecule has 6 heteroatoms. The monoisotopic (exact) mass is 296 g/mol. The molecule has 0 unspecified atom stereocenters. The fourth-order valence-corrected chi connectivity index (χ4v) is 2.67. The molecule has 21 heavy (non-hydrogen) atoms. The van der Waals surface area contributed by atoms with E-state index < -0.39 is 0 Å². The smallest absolute Gasteiger partial charge is 0.258 e. The summed E-state index contributed by atoms with van der Waals surface area (Å²) < 4.78 is 5.32. The molecule has 0 amide bonds. The quantitative estimate of drug-likeness (QED) is 0.741. The van der Waals surface area contributed by atoms with E-state index in [2.05, 4.69) is 21.2 Å². The van der Waals surface area contributed by atoms with E-state index in [1.54, 1.807) is 17.4 Å². The molecule has 2 aromatic heterocycles. The van der Waals surface area contributed by atoms with Crippen molar-refractivity contribution in [2.75, 3.05) is 0 Å². The number of hydrogen-bond acceptors (Lipinski definition) is 6. The van der Waals surface area contributed by atoms with Gasteiger partial charge in [0.1, 0.15) is 0 Å². The van der Waals surface area contributed by atoms with Gasteiger partial charge in [0.25, 0.3) is 5.89 Å². The second-order valence-electron chi connectivity index (χ2n) is 4.69. The van der Waals surface area contributed by atoms with Crippen LogP contribution in [0.25, 0.3) is 11.5 Å². The number of nitriles is 1. The zero-order valence-electron chi connectivity index (χ0n) is 11.6. The van der Waals surface area contributed by atoms with E-state index in [9.17, 15) is 0 Å². The topological polar surface area (TPSA) is 75.6 Å². The molecular weight excluding hydrogens is 284 g/mol. The first-order chi connectivity index (χ1) is 10.2. The minimum Gasteiger partial charge on any atom is -0.334 e. The molecule has 0 saturated carbocycles. The van der Waals surface area contributed by atoms with Crippen LogP contribution in [0.3, 0.4) is 0 Å². The van der Waals surface area contributed by atoms with Crippen LogP contribution in [0.15, 0.2) is 28.1 Å². The molecule has 3 aromatic rings. The number of rotatable bonds is 3. The molecule has 0 N–H and O–H groups in total. The van der Waals surface area contributed by atoms with Gasteiger partial charge in [0.15, 0.2) is 5.82 Å². The first-order valence-electron chi connectivity index (χ1n) is 6.40. The lowest BCUT2D eigenvalue weighted by atomic mass is 10.1. The van der Waals surface area contributed by atoms with Gasteiger partial charge in [0.05, 0.1) is 28.8 Å². The average Bonchev–Trinajstić information content (AvgIpc) is 3.08. The summed E-state index contributed by atoms with van der Waals surface area (Å²) >= 11 is 1.61. The molecular formula is C15H12N4OS. The summed E-state index contributed by atoms with van der Waals surface area (Å²) in [4.78, 5) is 8.79. The number of aromatic nitrogens is 3. The predicted octanol–water partition coefficient (Wildman–Crippen LogP) is 3.27. The SMILES string of the molecule is Cc1nc(Cc2noc(-c3ccc(C#N)cc3C)n2)cs1. The first-order valence-corrected chi connectivity index (χ1v) is 7.28. The van der Waals surface area contributed by atoms with Crippen molar-refractivity contribution < 1.29 is 4.52 Å². The van der Waals surface area contributed by atoms with Crippen molar-refractivity contribution in [3.8, 4) is 17.5 Å². The van der Waals surface area contributed by atoms with Crippen LogP contribution in [-0.2, 0) is 6.42 Å². The Morgan fingerprint density at radius 1 is 1.29 bits per heavy atom. The number of aryl methyl sites for hydroxylation is 2. The van der Waals surface area contributed by atoms with Gasteiger partial charge >= 0.3 is 0 Å². The number of nitrogens with zero attached hydrogens (tertiary/aromatic N) is 4. The third-order valence-electron chi connectivity index (χ3n) is 3.06. The summed E-state index contributed by atoms with van der Waals surface area (Å²) in [5, 5.41) is 15.9. The molecule has 0 bridgehead atoms. The van der Waals surface area contributed by atoms with Gasteiger partial charge in [-0.2, -0.15) is 10.2 Å². The van der Waals surface area contributed by atoms with E-state index in [-0.39, 0.29) is 0 Å². The zero-order valence-corrected chi connectivity index (χ0v) is 12.4. The van der Waals surface area contributed by atoms with Crippen LogP contribution in [0.4, 0.5) is 0 Å². The normalized spacial score (nSPS) is 10.5. The highest BCUT2D eigenvalue weighted by atomic mass is 32.1. The molecule has 1 aromatic carbocycles. The van der Waals surface area contributed by atoms with Crippen LogP contribution in [0, 0.1) is 25.2 Å². The van der Waals surface area contributed by atoms with E-state index in [4.69, 9.17) is 9.78 Å². The minimum atomic E-state index is 0.471. The minimum absolute atomic E-state index is 0.471. The summed E-state index contributed by atoms with van der Waals surface area (Å²) in [5.74, 6) is 1.08. The molecule has 3 rings (SSSR count). The van der Waals surface area contributed by atoms with Gasteiger partial charge in [0.2, 0.25) is 0 Å². The Labute approximate surface area is 125 Å². The highest BCUT2D eigenvalue weighted by molar-refractivity contribution is 7.09. The maximum atomic E-state index is 8.89. The second kappa shape index (κ2) is 5.46. The van der Waals surface area contributed by atoms with Crippen LogP contribution >= 0.6 is 11.3 Å². The average molecular weight is 296 g/mol. The van der Waals surface area contributed by atoms with Crippen LogP contribution in [-0.4, -0.2) is 15.1 Å². The Morgan fingerprint density at radius 3 is 2.81 bits per heavy atom. The molecule has 0 atom stereocenters. The van der Waals surface area contributed by atoms with Crippen molar-refractivity contribution in [1.82, 2.24) is 15.1 Å². The summed E-state index contributed by atoms with van der Waals surface area (Å²) in [5.41, 5.74) is 3.35. The molecule has 2 heterocycles. The number of benzene rings is 1. The first kappa shape index (κ1) is 13.5. The molecule has 0 spiro atoms. The Morgan fingerprint density at radius 2 is 2.14 bits per heavy atom. The van der Waals surface area contributed by atoms with Crippen molar-refractivity contribution in [1.29, 1.82) is 5.26 Å². The second-order valence-corrected chi connectivity index (χ2v) is 5.75. The van der Waals surface area contributed by atoms with Crippen molar-refractivity contribution in [2.45, 2.75) is 20.3 Å². The molecule has 5 nitrogen and oxygen atoms in total. The third kappa shape index (κ3) is 2.83. The lowest BCUT2D eigenvalue weighted by Crippen LogP contribution is -1.91. The predicted molar refractivity (Wildman–Crippen MR) is 78.8 cm³/mol. The van der Waals surface area contributed by atoms with Gasteiger partial charge in [-0.3, -0.25) is 0 Å².